The van der Waals surface area contributed by atoms with E-state index in [1.165, 1.54) is 19.2 Å². The van der Waals surface area contributed by atoms with Crippen molar-refractivity contribution in [2.75, 3.05) is 7.11 Å². The van der Waals surface area contributed by atoms with Crippen LogP contribution in [0.15, 0.2) is 18.2 Å². The third kappa shape index (κ3) is 3.56. The lowest BCUT2D eigenvalue weighted by molar-refractivity contribution is -0.274. The Balaban J connectivity index is 2.21. The van der Waals surface area contributed by atoms with E-state index in [1.807, 2.05) is 0 Å². The van der Waals surface area contributed by atoms with Gasteiger partial charge in [0.15, 0.2) is 0 Å². The van der Waals surface area contributed by atoms with Gasteiger partial charge in [-0.3, -0.25) is 0 Å². The summed E-state index contributed by atoms with van der Waals surface area (Å²) in [4.78, 5) is 0. The number of nitrogens with two attached hydrogens (primary N) is 1. The Morgan fingerprint density at radius 1 is 1.25 bits per heavy atom. The van der Waals surface area contributed by atoms with Crippen molar-refractivity contribution in [3.8, 4) is 11.5 Å². The molecule has 0 bridgehead atoms. The van der Waals surface area contributed by atoms with E-state index in [0.29, 0.717) is 11.7 Å². The zero-order chi connectivity index (χ0) is 14.8. The first-order valence-corrected chi connectivity index (χ1v) is 6.60. The molecule has 0 amide bonds. The Labute approximate surface area is 115 Å². The van der Waals surface area contributed by atoms with Crippen LogP contribution in [0.5, 0.6) is 11.5 Å². The summed E-state index contributed by atoms with van der Waals surface area (Å²) in [5.41, 5.74) is 6.94. The van der Waals surface area contributed by atoms with Crippen LogP contribution in [0.25, 0.3) is 0 Å². The average Bonchev–Trinajstić information content (AvgIpc) is 2.89. The smallest absolute Gasteiger partial charge is 0.496 e. The summed E-state index contributed by atoms with van der Waals surface area (Å²) in [5, 5.41) is 0. The summed E-state index contributed by atoms with van der Waals surface area (Å²) >= 11 is 0. The molecule has 20 heavy (non-hydrogen) atoms. The second-order valence-electron chi connectivity index (χ2n) is 5.02. The number of alkyl halides is 3. The van der Waals surface area contributed by atoms with Crippen molar-refractivity contribution in [3.63, 3.8) is 0 Å². The molecule has 0 aliphatic heterocycles. The molecule has 1 aliphatic carbocycles. The van der Waals surface area contributed by atoms with E-state index >= 15 is 0 Å². The molecule has 0 radical (unpaired) electrons. The van der Waals surface area contributed by atoms with Gasteiger partial charge in [0.1, 0.15) is 11.5 Å². The van der Waals surface area contributed by atoms with Crippen LogP contribution < -0.4 is 15.2 Å². The van der Waals surface area contributed by atoms with E-state index in [4.69, 9.17) is 10.5 Å². The maximum Gasteiger partial charge on any atom is 0.573 e. The number of benzene rings is 1. The highest BCUT2D eigenvalue weighted by Crippen LogP contribution is 2.39. The fraction of sp³-hybridized carbons (Fsp3) is 0.571. The van der Waals surface area contributed by atoms with Gasteiger partial charge in [-0.05, 0) is 24.8 Å². The molecular weight excluding hydrogens is 271 g/mol. The first-order valence-electron chi connectivity index (χ1n) is 6.60. The molecule has 0 unspecified atom stereocenters. The number of ether oxygens (including phenoxy) is 2. The summed E-state index contributed by atoms with van der Waals surface area (Å²) in [7, 11) is 1.41. The van der Waals surface area contributed by atoms with E-state index in [9.17, 15) is 13.2 Å². The van der Waals surface area contributed by atoms with Crippen molar-refractivity contribution < 1.29 is 22.6 Å². The molecule has 0 heterocycles. The summed E-state index contributed by atoms with van der Waals surface area (Å²) in [5.74, 6) is 0.404. The van der Waals surface area contributed by atoms with Gasteiger partial charge in [-0.2, -0.15) is 0 Å². The zero-order valence-corrected chi connectivity index (χ0v) is 11.2. The molecule has 6 heteroatoms. The van der Waals surface area contributed by atoms with E-state index in [0.717, 1.165) is 31.2 Å². The molecule has 1 aromatic rings. The van der Waals surface area contributed by atoms with Crippen LogP contribution in [-0.4, -0.2) is 13.5 Å². The average molecular weight is 289 g/mol. The van der Waals surface area contributed by atoms with Crippen LogP contribution in [0, 0.1) is 5.92 Å². The number of hydrogen-bond acceptors (Lipinski definition) is 3. The van der Waals surface area contributed by atoms with Gasteiger partial charge >= 0.3 is 6.36 Å². The van der Waals surface area contributed by atoms with Crippen LogP contribution in [-0.2, 0) is 0 Å². The number of hydrogen-bond donors (Lipinski definition) is 1. The lowest BCUT2D eigenvalue weighted by atomic mass is 9.92. The molecule has 3 nitrogen and oxygen atoms in total. The van der Waals surface area contributed by atoms with E-state index in [2.05, 4.69) is 4.74 Å². The minimum Gasteiger partial charge on any atom is -0.496 e. The van der Waals surface area contributed by atoms with Gasteiger partial charge in [0, 0.05) is 17.7 Å². The molecule has 1 atom stereocenters. The lowest BCUT2D eigenvalue weighted by Crippen LogP contribution is -2.20. The zero-order valence-electron chi connectivity index (χ0n) is 11.2. The largest absolute Gasteiger partial charge is 0.573 e. The standard InChI is InChI=1S/C14H18F3NO2/c1-19-12-8-10(20-14(15,16)17)6-7-11(12)13(18)9-4-2-3-5-9/h6-9,13H,2-5,18H2,1H3/t13-/m1/s1. The van der Waals surface area contributed by atoms with Crippen molar-refractivity contribution in [1.29, 1.82) is 0 Å². The molecule has 2 N–H and O–H groups in total. The van der Waals surface area contributed by atoms with E-state index in [-0.39, 0.29) is 11.8 Å². The number of rotatable bonds is 4. The molecule has 1 fully saturated rings. The molecule has 0 spiro atoms. The van der Waals surface area contributed by atoms with Gasteiger partial charge < -0.3 is 15.2 Å². The van der Waals surface area contributed by atoms with Gasteiger partial charge in [-0.15, -0.1) is 13.2 Å². The first kappa shape index (κ1) is 15.0. The second-order valence-corrected chi connectivity index (χ2v) is 5.02. The molecule has 1 aliphatic rings. The topological polar surface area (TPSA) is 44.5 Å². The maximum atomic E-state index is 12.2. The minimum atomic E-state index is -4.71. The maximum absolute atomic E-state index is 12.2. The highest BCUT2D eigenvalue weighted by Gasteiger charge is 2.32. The highest BCUT2D eigenvalue weighted by atomic mass is 19.4. The Bertz CT molecular complexity index is 456. The van der Waals surface area contributed by atoms with Crippen LogP contribution in [0.4, 0.5) is 13.2 Å². The fourth-order valence-electron chi connectivity index (χ4n) is 2.73. The van der Waals surface area contributed by atoms with Crippen LogP contribution in [0.3, 0.4) is 0 Å². The predicted octanol–water partition coefficient (Wildman–Crippen LogP) is 3.78. The molecular formula is C14H18F3NO2. The Morgan fingerprint density at radius 3 is 2.45 bits per heavy atom. The van der Waals surface area contributed by atoms with Crippen LogP contribution >= 0.6 is 0 Å². The van der Waals surface area contributed by atoms with Crippen molar-refractivity contribution in [1.82, 2.24) is 0 Å². The molecule has 0 saturated heterocycles. The monoisotopic (exact) mass is 289 g/mol. The molecule has 2 rings (SSSR count). The van der Waals surface area contributed by atoms with E-state index in [1.54, 1.807) is 6.07 Å². The van der Waals surface area contributed by atoms with Crippen molar-refractivity contribution >= 4 is 0 Å². The normalized spacial score (nSPS) is 18.1. The van der Waals surface area contributed by atoms with Gasteiger partial charge in [-0.1, -0.05) is 18.9 Å². The third-order valence-corrected chi connectivity index (χ3v) is 3.71. The van der Waals surface area contributed by atoms with Crippen molar-refractivity contribution in [2.24, 2.45) is 11.7 Å². The SMILES string of the molecule is COc1cc(OC(F)(F)F)ccc1[C@H](N)C1CCCC1. The van der Waals surface area contributed by atoms with Crippen LogP contribution in [0.1, 0.15) is 37.3 Å². The van der Waals surface area contributed by atoms with Crippen molar-refractivity contribution in [3.05, 3.63) is 23.8 Å². The van der Waals surface area contributed by atoms with Crippen LogP contribution in [0.2, 0.25) is 0 Å². The lowest BCUT2D eigenvalue weighted by Gasteiger charge is -2.22. The minimum absolute atomic E-state index is 0.215. The Morgan fingerprint density at radius 2 is 1.90 bits per heavy atom. The summed E-state index contributed by atoms with van der Waals surface area (Å²) in [6.07, 6.45) is -0.317. The number of methoxy groups -OCH3 is 1. The first-order chi connectivity index (χ1) is 9.40. The summed E-state index contributed by atoms with van der Waals surface area (Å²) in [6, 6.07) is 3.85. The van der Waals surface area contributed by atoms with Gasteiger partial charge in [0.2, 0.25) is 0 Å². The molecule has 1 saturated carbocycles. The quantitative estimate of drug-likeness (QED) is 0.917. The molecule has 112 valence electrons. The highest BCUT2D eigenvalue weighted by molar-refractivity contribution is 5.42. The third-order valence-electron chi connectivity index (χ3n) is 3.71. The van der Waals surface area contributed by atoms with Gasteiger partial charge in [0.05, 0.1) is 7.11 Å². The van der Waals surface area contributed by atoms with Crippen molar-refractivity contribution in [2.45, 2.75) is 38.1 Å². The van der Waals surface area contributed by atoms with E-state index < -0.39 is 6.36 Å². The Hall–Kier alpha value is -1.43. The predicted molar refractivity (Wildman–Crippen MR) is 68.6 cm³/mol. The molecule has 1 aromatic carbocycles. The second kappa shape index (κ2) is 5.91. The molecule has 0 aromatic heterocycles. The number of halogens is 3. The summed E-state index contributed by atoms with van der Waals surface area (Å²) in [6.45, 7) is 0. The Kier molecular flexibility index (Phi) is 4.42. The fourth-order valence-corrected chi connectivity index (χ4v) is 2.73. The van der Waals surface area contributed by atoms with Gasteiger partial charge in [0.25, 0.3) is 0 Å². The van der Waals surface area contributed by atoms with Gasteiger partial charge in [-0.25, -0.2) is 0 Å². The summed E-state index contributed by atoms with van der Waals surface area (Å²) < 4.78 is 45.6.